The lowest BCUT2D eigenvalue weighted by molar-refractivity contribution is -0.116. The first-order valence-corrected chi connectivity index (χ1v) is 8.87. The van der Waals surface area contributed by atoms with E-state index in [0.29, 0.717) is 16.2 Å². The van der Waals surface area contributed by atoms with Crippen molar-refractivity contribution in [3.05, 3.63) is 48.5 Å². The molecule has 0 aliphatic heterocycles. The number of unbranched alkanes of at least 4 members (excludes halogenated alkanes) is 2. The van der Waals surface area contributed by atoms with E-state index >= 15 is 0 Å². The van der Waals surface area contributed by atoms with Gasteiger partial charge in [-0.2, -0.15) is 0 Å². The summed E-state index contributed by atoms with van der Waals surface area (Å²) in [6.45, 7) is 2.07. The smallest absolute Gasteiger partial charge is 0.224 e. The molecule has 0 radical (unpaired) electrons. The quantitative estimate of drug-likeness (QED) is 0.593. The summed E-state index contributed by atoms with van der Waals surface area (Å²) in [5.41, 5.74) is 0.233. The summed E-state index contributed by atoms with van der Waals surface area (Å²) in [6, 6.07) is 13.7. The highest BCUT2D eigenvalue weighted by molar-refractivity contribution is 7.85. The first-order chi connectivity index (χ1) is 11.1. The predicted molar refractivity (Wildman–Crippen MR) is 92.0 cm³/mol. The number of phenols is 1. The van der Waals surface area contributed by atoms with Gasteiger partial charge in [-0.3, -0.25) is 4.79 Å². The Balaban J connectivity index is 2.23. The van der Waals surface area contributed by atoms with Gasteiger partial charge in [0.05, 0.1) is 21.4 Å². The zero-order chi connectivity index (χ0) is 16.7. The summed E-state index contributed by atoms with van der Waals surface area (Å²) < 4.78 is 12.7. The van der Waals surface area contributed by atoms with Crippen LogP contribution < -0.4 is 5.32 Å². The van der Waals surface area contributed by atoms with Gasteiger partial charge in [-0.25, -0.2) is 4.21 Å². The predicted octanol–water partition coefficient (Wildman–Crippen LogP) is 4.08. The average Bonchev–Trinajstić information content (AvgIpc) is 2.57. The van der Waals surface area contributed by atoms with Crippen molar-refractivity contribution in [1.29, 1.82) is 0 Å². The van der Waals surface area contributed by atoms with E-state index in [2.05, 4.69) is 12.2 Å². The molecule has 0 aromatic heterocycles. The lowest BCUT2D eigenvalue weighted by atomic mass is 10.2. The second kappa shape index (κ2) is 8.48. The Morgan fingerprint density at radius 2 is 1.83 bits per heavy atom. The van der Waals surface area contributed by atoms with Crippen LogP contribution in [-0.4, -0.2) is 15.2 Å². The number of phenolic OH excluding ortho intramolecular Hbond substituents is 1. The maximum absolute atomic E-state index is 12.7. The van der Waals surface area contributed by atoms with Gasteiger partial charge in [0, 0.05) is 11.3 Å². The lowest BCUT2D eigenvalue weighted by Gasteiger charge is -2.12. The fourth-order valence-corrected chi connectivity index (χ4v) is 3.41. The third kappa shape index (κ3) is 4.66. The summed E-state index contributed by atoms with van der Waals surface area (Å²) in [5.74, 6) is -0.248. The zero-order valence-electron chi connectivity index (χ0n) is 13.1. The van der Waals surface area contributed by atoms with Gasteiger partial charge in [0.1, 0.15) is 5.75 Å². The largest absolute Gasteiger partial charge is 0.506 e. The minimum absolute atomic E-state index is 0.0735. The van der Waals surface area contributed by atoms with E-state index < -0.39 is 10.8 Å². The summed E-state index contributed by atoms with van der Waals surface area (Å²) in [7, 11) is -1.47. The van der Waals surface area contributed by atoms with Gasteiger partial charge in [0.25, 0.3) is 0 Å². The van der Waals surface area contributed by atoms with Gasteiger partial charge in [-0.15, -0.1) is 0 Å². The molecule has 0 saturated carbocycles. The molecule has 0 spiro atoms. The van der Waals surface area contributed by atoms with Crippen LogP contribution in [0.1, 0.15) is 32.6 Å². The van der Waals surface area contributed by atoms with Crippen molar-refractivity contribution < 1.29 is 14.1 Å². The number of para-hydroxylation sites is 1. The van der Waals surface area contributed by atoms with Crippen LogP contribution >= 0.6 is 0 Å². The Hall–Kier alpha value is -2.14. The molecule has 0 bridgehead atoms. The molecule has 23 heavy (non-hydrogen) atoms. The van der Waals surface area contributed by atoms with Crippen molar-refractivity contribution >= 4 is 22.4 Å². The number of aromatic hydroxyl groups is 1. The van der Waals surface area contributed by atoms with E-state index in [-0.39, 0.29) is 17.3 Å². The van der Waals surface area contributed by atoms with E-state index in [1.54, 1.807) is 36.4 Å². The number of anilines is 1. The van der Waals surface area contributed by atoms with Crippen molar-refractivity contribution in [2.45, 2.75) is 42.4 Å². The molecular formula is C18H21NO3S. The highest BCUT2D eigenvalue weighted by atomic mass is 32.2. The number of benzene rings is 2. The van der Waals surface area contributed by atoms with E-state index in [9.17, 15) is 14.1 Å². The molecule has 0 aliphatic rings. The van der Waals surface area contributed by atoms with Crippen LogP contribution in [0.4, 0.5) is 5.69 Å². The minimum atomic E-state index is -1.47. The zero-order valence-corrected chi connectivity index (χ0v) is 13.9. The van der Waals surface area contributed by atoms with Gasteiger partial charge in [0.15, 0.2) is 0 Å². The molecule has 0 heterocycles. The monoisotopic (exact) mass is 331 g/mol. The summed E-state index contributed by atoms with van der Waals surface area (Å²) in [6.07, 6.45) is 3.21. The van der Waals surface area contributed by atoms with Gasteiger partial charge in [0.2, 0.25) is 5.91 Å². The fourth-order valence-electron chi connectivity index (χ4n) is 2.21. The topological polar surface area (TPSA) is 66.4 Å². The van der Waals surface area contributed by atoms with Crippen molar-refractivity contribution in [1.82, 2.24) is 0 Å². The number of rotatable bonds is 7. The minimum Gasteiger partial charge on any atom is -0.506 e. The Morgan fingerprint density at radius 1 is 1.09 bits per heavy atom. The van der Waals surface area contributed by atoms with Crippen LogP contribution in [0.5, 0.6) is 5.75 Å². The van der Waals surface area contributed by atoms with E-state index in [1.807, 2.05) is 6.07 Å². The molecule has 0 fully saturated rings. The Bertz CT molecular complexity index is 686. The molecule has 1 atom stereocenters. The molecule has 2 aromatic carbocycles. The number of carbonyl (C=O) groups is 1. The van der Waals surface area contributed by atoms with E-state index in [4.69, 9.17) is 0 Å². The van der Waals surface area contributed by atoms with Crippen LogP contribution in [0.2, 0.25) is 0 Å². The third-order valence-corrected chi connectivity index (χ3v) is 4.87. The highest BCUT2D eigenvalue weighted by Crippen LogP contribution is 2.32. The van der Waals surface area contributed by atoms with Crippen molar-refractivity contribution in [3.63, 3.8) is 0 Å². The number of amides is 1. The van der Waals surface area contributed by atoms with Crippen molar-refractivity contribution in [2.75, 3.05) is 5.32 Å². The normalized spacial score (nSPS) is 11.9. The highest BCUT2D eigenvalue weighted by Gasteiger charge is 2.17. The summed E-state index contributed by atoms with van der Waals surface area (Å²) in [4.78, 5) is 13.1. The van der Waals surface area contributed by atoms with Crippen LogP contribution in [0.15, 0.2) is 58.3 Å². The Morgan fingerprint density at radius 3 is 2.52 bits per heavy atom. The number of hydrogen-bond acceptors (Lipinski definition) is 3. The molecule has 2 rings (SSSR count). The van der Waals surface area contributed by atoms with Gasteiger partial charge in [-0.1, -0.05) is 44.0 Å². The molecule has 0 aliphatic carbocycles. The lowest BCUT2D eigenvalue weighted by Crippen LogP contribution is -2.13. The maximum Gasteiger partial charge on any atom is 0.224 e. The van der Waals surface area contributed by atoms with E-state index in [1.165, 1.54) is 6.07 Å². The standard InChI is InChI=1S/C18H21NO3S/c1-2-3-5-13-17(21)19-18-15(20)11-8-12-16(18)23(22)14-9-6-4-7-10-14/h4,6-12,20H,2-3,5,13H2,1H3,(H,19,21). The summed E-state index contributed by atoms with van der Waals surface area (Å²) in [5, 5.41) is 12.8. The molecule has 1 amide bonds. The van der Waals surface area contributed by atoms with Crippen molar-refractivity contribution in [3.8, 4) is 5.75 Å². The molecule has 5 heteroatoms. The molecule has 2 aromatic rings. The molecule has 2 N–H and O–H groups in total. The molecule has 1 unspecified atom stereocenters. The van der Waals surface area contributed by atoms with Gasteiger partial charge in [-0.05, 0) is 30.7 Å². The van der Waals surface area contributed by atoms with E-state index in [0.717, 1.165) is 19.3 Å². The fraction of sp³-hybridized carbons (Fsp3) is 0.278. The molecule has 0 saturated heterocycles. The van der Waals surface area contributed by atoms with Crippen molar-refractivity contribution in [2.24, 2.45) is 0 Å². The second-order valence-corrected chi connectivity index (χ2v) is 6.69. The Kier molecular flexibility index (Phi) is 6.35. The van der Waals surface area contributed by atoms with Gasteiger partial charge >= 0.3 is 0 Å². The third-order valence-electron chi connectivity index (χ3n) is 3.43. The first kappa shape index (κ1) is 17.2. The second-order valence-electron chi connectivity index (χ2n) is 5.24. The molecule has 4 nitrogen and oxygen atoms in total. The SMILES string of the molecule is CCCCCC(=O)Nc1c(O)cccc1S(=O)c1ccccc1. The Labute approximate surface area is 139 Å². The number of carbonyl (C=O) groups excluding carboxylic acids is 1. The molecular weight excluding hydrogens is 310 g/mol. The van der Waals surface area contributed by atoms with Gasteiger partial charge < -0.3 is 10.4 Å². The van der Waals surface area contributed by atoms with Crippen LogP contribution in [-0.2, 0) is 15.6 Å². The molecule has 122 valence electrons. The first-order valence-electron chi connectivity index (χ1n) is 7.72. The van der Waals surface area contributed by atoms with Crippen LogP contribution in [0, 0.1) is 0 Å². The van der Waals surface area contributed by atoms with Crippen LogP contribution in [0.3, 0.4) is 0 Å². The number of hydrogen-bond donors (Lipinski definition) is 2. The average molecular weight is 331 g/mol. The maximum atomic E-state index is 12.7. The number of nitrogens with one attached hydrogen (secondary N) is 1. The summed E-state index contributed by atoms with van der Waals surface area (Å²) >= 11 is 0. The van der Waals surface area contributed by atoms with Crippen LogP contribution in [0.25, 0.3) is 0 Å².